The van der Waals surface area contributed by atoms with Crippen LogP contribution in [0.15, 0.2) is 60.8 Å². The third-order valence-electron chi connectivity index (χ3n) is 6.13. The second-order valence-corrected chi connectivity index (χ2v) is 10.1. The fourth-order valence-corrected chi connectivity index (χ4v) is 5.23. The van der Waals surface area contributed by atoms with Crippen LogP contribution in [0.5, 0.6) is 5.75 Å². The Morgan fingerprint density at radius 1 is 1.07 bits per heavy atom. The van der Waals surface area contributed by atoms with Gasteiger partial charge in [-0.25, -0.2) is 14.1 Å². The number of pyridine rings is 1. The van der Waals surface area contributed by atoms with Crippen LogP contribution in [0, 0.1) is 19.7 Å². The minimum absolute atomic E-state index is 0.00392. The number of aromatic nitrogens is 3. The van der Waals surface area contributed by atoms with Crippen LogP contribution in [0.4, 0.5) is 23.2 Å². The molecule has 210 valence electrons. The van der Waals surface area contributed by atoms with Gasteiger partial charge in [0.2, 0.25) is 0 Å². The average molecular weight is 584 g/mol. The van der Waals surface area contributed by atoms with Crippen molar-refractivity contribution in [3.8, 4) is 16.9 Å². The Hall–Kier alpha value is -4.78. The largest absolute Gasteiger partial charge is 0.471 e. The number of alkyl halides is 3. The molecule has 0 aliphatic heterocycles. The molecule has 0 atom stereocenters. The standard InChI is InChI=1S/C28H21F4N5O3S/c1-14-3-8-20(15(2)11-14)40-13-37-10-9-19(36-37)26(39)35-23-22-18(16-4-6-17(29)7-5-16)12-21(28(30,31)32)34-27(22)41-24(23)25(33)38/h3-12H,13H2,1-2H3,(H2,33,38)(H,35,39). The van der Waals surface area contributed by atoms with Gasteiger partial charge >= 0.3 is 6.18 Å². The van der Waals surface area contributed by atoms with Crippen LogP contribution in [0.2, 0.25) is 0 Å². The van der Waals surface area contributed by atoms with Gasteiger partial charge in [-0.15, -0.1) is 11.3 Å². The first-order valence-corrected chi connectivity index (χ1v) is 12.9. The van der Waals surface area contributed by atoms with Crippen LogP contribution >= 0.6 is 11.3 Å². The lowest BCUT2D eigenvalue weighted by Gasteiger charge is -2.12. The van der Waals surface area contributed by atoms with Crippen molar-refractivity contribution in [2.75, 3.05) is 5.32 Å². The summed E-state index contributed by atoms with van der Waals surface area (Å²) in [6.45, 7) is 3.87. The number of carbonyl (C=O) groups is 2. The number of amides is 2. The third-order valence-corrected chi connectivity index (χ3v) is 7.22. The van der Waals surface area contributed by atoms with Crippen molar-refractivity contribution in [3.63, 3.8) is 0 Å². The molecule has 13 heteroatoms. The quantitative estimate of drug-likeness (QED) is 0.218. The first kappa shape index (κ1) is 27.8. The molecule has 0 unspecified atom stereocenters. The summed E-state index contributed by atoms with van der Waals surface area (Å²) in [6, 6.07) is 12.6. The maximum atomic E-state index is 13.7. The number of thiophene rings is 1. The zero-order valence-electron chi connectivity index (χ0n) is 21.5. The number of primary amides is 1. The van der Waals surface area contributed by atoms with Crippen molar-refractivity contribution in [1.29, 1.82) is 0 Å². The van der Waals surface area contributed by atoms with Gasteiger partial charge in [-0.2, -0.15) is 18.3 Å². The molecule has 0 aliphatic carbocycles. The van der Waals surface area contributed by atoms with E-state index in [4.69, 9.17) is 10.5 Å². The van der Waals surface area contributed by atoms with E-state index < -0.39 is 29.5 Å². The lowest BCUT2D eigenvalue weighted by atomic mass is 10.0. The molecule has 8 nitrogen and oxygen atoms in total. The molecule has 0 bridgehead atoms. The van der Waals surface area contributed by atoms with Gasteiger partial charge in [0.25, 0.3) is 11.8 Å². The van der Waals surface area contributed by atoms with Gasteiger partial charge in [0.15, 0.2) is 12.4 Å². The van der Waals surface area contributed by atoms with E-state index in [2.05, 4.69) is 15.4 Å². The highest BCUT2D eigenvalue weighted by Gasteiger charge is 2.35. The van der Waals surface area contributed by atoms with Gasteiger partial charge in [0, 0.05) is 11.6 Å². The van der Waals surface area contributed by atoms with Crippen LogP contribution < -0.4 is 15.8 Å². The monoisotopic (exact) mass is 583 g/mol. The van der Waals surface area contributed by atoms with E-state index in [1.807, 2.05) is 32.0 Å². The summed E-state index contributed by atoms with van der Waals surface area (Å²) >= 11 is 0.605. The molecule has 0 radical (unpaired) electrons. The van der Waals surface area contributed by atoms with Gasteiger partial charge < -0.3 is 15.8 Å². The van der Waals surface area contributed by atoms with Crippen LogP contribution in [0.1, 0.15) is 37.0 Å². The number of nitrogens with one attached hydrogen (secondary N) is 1. The topological polar surface area (TPSA) is 112 Å². The second kappa shape index (κ2) is 10.7. The summed E-state index contributed by atoms with van der Waals surface area (Å²) in [5.74, 6) is -1.67. The van der Waals surface area contributed by atoms with E-state index in [0.29, 0.717) is 17.1 Å². The van der Waals surface area contributed by atoms with Gasteiger partial charge in [0.05, 0.1) is 5.69 Å². The predicted molar refractivity (Wildman–Crippen MR) is 145 cm³/mol. The van der Waals surface area contributed by atoms with Crippen molar-refractivity contribution in [2.24, 2.45) is 5.73 Å². The van der Waals surface area contributed by atoms with Gasteiger partial charge in [-0.1, -0.05) is 29.8 Å². The summed E-state index contributed by atoms with van der Waals surface area (Å²) in [5, 5.41) is 6.83. The molecule has 2 aromatic carbocycles. The number of aryl methyl sites for hydroxylation is 2. The SMILES string of the molecule is Cc1ccc(OCn2ccc(C(=O)Nc3c(C(N)=O)sc4nc(C(F)(F)F)cc(-c5ccc(F)cc5)c34)n2)c(C)c1. The highest BCUT2D eigenvalue weighted by Crippen LogP contribution is 2.43. The summed E-state index contributed by atoms with van der Waals surface area (Å²) in [6.07, 6.45) is -3.30. The van der Waals surface area contributed by atoms with Crippen molar-refractivity contribution >= 4 is 39.1 Å². The highest BCUT2D eigenvalue weighted by atomic mass is 32.1. The number of hydrogen-bond acceptors (Lipinski definition) is 6. The van der Waals surface area contributed by atoms with Crippen molar-refractivity contribution in [1.82, 2.24) is 14.8 Å². The minimum atomic E-state index is -4.81. The molecule has 5 aromatic rings. The Bertz CT molecular complexity index is 1800. The maximum absolute atomic E-state index is 13.7. The smallest absolute Gasteiger partial charge is 0.433 e. The summed E-state index contributed by atoms with van der Waals surface area (Å²) in [5.41, 5.74) is 6.34. The number of nitrogens with zero attached hydrogens (tertiary/aromatic N) is 3. The first-order chi connectivity index (χ1) is 19.4. The number of hydrogen-bond donors (Lipinski definition) is 2. The second-order valence-electron chi connectivity index (χ2n) is 9.15. The van der Waals surface area contributed by atoms with Crippen LogP contribution in [0.25, 0.3) is 21.3 Å². The summed E-state index contributed by atoms with van der Waals surface area (Å²) in [4.78, 5) is 28.8. The van der Waals surface area contributed by atoms with E-state index in [-0.39, 0.29) is 44.3 Å². The molecule has 3 aromatic heterocycles. The highest BCUT2D eigenvalue weighted by molar-refractivity contribution is 7.21. The molecule has 0 aliphatic rings. The number of carbonyl (C=O) groups excluding carboxylic acids is 2. The molecular weight excluding hydrogens is 562 g/mol. The predicted octanol–water partition coefficient (Wildman–Crippen LogP) is 6.32. The van der Waals surface area contributed by atoms with Crippen LogP contribution in [0.3, 0.4) is 0 Å². The molecule has 2 amide bonds. The Kier molecular flexibility index (Phi) is 7.22. The lowest BCUT2D eigenvalue weighted by Crippen LogP contribution is -2.18. The number of rotatable bonds is 7. The number of ether oxygens (including phenoxy) is 1. The summed E-state index contributed by atoms with van der Waals surface area (Å²) < 4.78 is 61.8. The van der Waals surface area contributed by atoms with Crippen molar-refractivity contribution in [2.45, 2.75) is 26.8 Å². The fourth-order valence-electron chi connectivity index (χ4n) is 4.22. The van der Waals surface area contributed by atoms with Crippen molar-refractivity contribution in [3.05, 3.63) is 94.0 Å². The molecule has 0 spiro atoms. The number of fused-ring (bicyclic) bond motifs is 1. The Morgan fingerprint density at radius 3 is 2.46 bits per heavy atom. The normalized spacial score (nSPS) is 11.6. The fraction of sp³-hybridized carbons (Fsp3) is 0.143. The van der Waals surface area contributed by atoms with Crippen LogP contribution in [-0.2, 0) is 12.9 Å². The Morgan fingerprint density at radius 2 is 1.80 bits per heavy atom. The van der Waals surface area contributed by atoms with Crippen molar-refractivity contribution < 1.29 is 31.9 Å². The zero-order chi connectivity index (χ0) is 29.5. The van der Waals surface area contributed by atoms with Gasteiger partial charge in [0.1, 0.15) is 27.0 Å². The number of nitrogens with two attached hydrogens (primary N) is 1. The lowest BCUT2D eigenvalue weighted by molar-refractivity contribution is -0.140. The molecule has 0 saturated heterocycles. The molecule has 3 N–H and O–H groups in total. The zero-order valence-corrected chi connectivity index (χ0v) is 22.4. The molecule has 0 fully saturated rings. The number of halogens is 4. The summed E-state index contributed by atoms with van der Waals surface area (Å²) in [7, 11) is 0. The molecule has 5 rings (SSSR count). The van der Waals surface area contributed by atoms with E-state index in [9.17, 15) is 27.2 Å². The number of anilines is 1. The Balaban J connectivity index is 1.51. The van der Waals surface area contributed by atoms with E-state index in [0.717, 1.165) is 29.3 Å². The van der Waals surface area contributed by atoms with E-state index >= 15 is 0 Å². The molecule has 0 saturated carbocycles. The maximum Gasteiger partial charge on any atom is 0.433 e. The van der Waals surface area contributed by atoms with E-state index in [1.54, 1.807) is 0 Å². The number of benzene rings is 2. The van der Waals surface area contributed by atoms with Crippen LogP contribution in [-0.4, -0.2) is 26.6 Å². The first-order valence-electron chi connectivity index (χ1n) is 12.1. The molecule has 3 heterocycles. The Labute approximate surface area is 234 Å². The molecular formula is C28H21F4N5O3S. The minimum Gasteiger partial charge on any atom is -0.471 e. The average Bonchev–Trinajstić information content (AvgIpc) is 3.53. The van der Waals surface area contributed by atoms with Gasteiger partial charge in [-0.3, -0.25) is 9.59 Å². The molecule has 41 heavy (non-hydrogen) atoms. The van der Waals surface area contributed by atoms with E-state index in [1.165, 1.54) is 29.1 Å². The third kappa shape index (κ3) is 5.75. The van der Waals surface area contributed by atoms with Gasteiger partial charge in [-0.05, 0) is 60.9 Å².